The van der Waals surface area contributed by atoms with Gasteiger partial charge in [0.2, 0.25) is 0 Å². The summed E-state index contributed by atoms with van der Waals surface area (Å²) in [6, 6.07) is 19.8. The van der Waals surface area contributed by atoms with Crippen molar-refractivity contribution in [3.05, 3.63) is 103 Å². The molecular weight excluding hydrogens is 491 g/mol. The average molecular weight is 508 g/mol. The van der Waals surface area contributed by atoms with E-state index in [2.05, 4.69) is 22.6 Å². The van der Waals surface area contributed by atoms with E-state index in [1.807, 2.05) is 49.4 Å². The Labute approximate surface area is 186 Å². The van der Waals surface area contributed by atoms with Gasteiger partial charge in [-0.25, -0.2) is 9.78 Å². The number of aromatic nitrogens is 2. The maximum absolute atomic E-state index is 13.4. The highest BCUT2D eigenvalue weighted by molar-refractivity contribution is 14.1. The van der Waals surface area contributed by atoms with Crippen molar-refractivity contribution in [2.24, 2.45) is 0 Å². The molecule has 0 aliphatic carbocycles. The molecule has 5 nitrogen and oxygen atoms in total. The number of aryl methyl sites for hydroxylation is 1. The number of halogens is 1. The van der Waals surface area contributed by atoms with E-state index in [0.717, 1.165) is 14.7 Å². The maximum atomic E-state index is 13.4. The molecule has 3 aromatic carbocycles. The van der Waals surface area contributed by atoms with E-state index in [1.165, 1.54) is 16.7 Å². The molecule has 0 unspecified atom stereocenters. The topological polar surface area (TPSA) is 72.2 Å². The van der Waals surface area contributed by atoms with E-state index in [-0.39, 0.29) is 11.1 Å². The molecule has 4 aromatic rings. The molecule has 1 aromatic heterocycles. The van der Waals surface area contributed by atoms with Crippen molar-refractivity contribution in [2.75, 3.05) is 0 Å². The summed E-state index contributed by atoms with van der Waals surface area (Å²) in [5.41, 5.74) is 3.27. The first-order chi connectivity index (χ1) is 14.4. The van der Waals surface area contributed by atoms with Gasteiger partial charge in [0.15, 0.2) is 0 Å². The van der Waals surface area contributed by atoms with Crippen LogP contribution in [0.1, 0.15) is 27.3 Å². The molecule has 0 atom stereocenters. The minimum Gasteiger partial charge on any atom is -0.478 e. The molecule has 4 rings (SSSR count). The fourth-order valence-corrected chi connectivity index (χ4v) is 3.73. The zero-order valence-corrected chi connectivity index (χ0v) is 18.2. The van der Waals surface area contributed by atoms with Gasteiger partial charge in [0, 0.05) is 3.57 Å². The summed E-state index contributed by atoms with van der Waals surface area (Å²) >= 11 is 2.16. The van der Waals surface area contributed by atoms with Crippen molar-refractivity contribution in [1.29, 1.82) is 0 Å². The standard InChI is InChI=1S/C24H17IN2O3/c1-15-3-2-4-16(13-15)5-12-22-26-21-11-8-18(25)14-20(21)23(28)27(22)19-9-6-17(7-10-19)24(29)30/h2-14H,1H3,(H,29,30). The third-order valence-electron chi connectivity index (χ3n) is 4.70. The fourth-order valence-electron chi connectivity index (χ4n) is 3.23. The van der Waals surface area contributed by atoms with Crippen LogP contribution in [0, 0.1) is 10.5 Å². The number of rotatable bonds is 4. The van der Waals surface area contributed by atoms with E-state index in [0.29, 0.717) is 22.4 Å². The fraction of sp³-hybridized carbons (Fsp3) is 0.0417. The van der Waals surface area contributed by atoms with Gasteiger partial charge >= 0.3 is 5.97 Å². The Hall–Kier alpha value is -3.26. The highest BCUT2D eigenvalue weighted by Gasteiger charge is 2.12. The lowest BCUT2D eigenvalue weighted by Gasteiger charge is -2.12. The zero-order valence-electron chi connectivity index (χ0n) is 16.0. The molecule has 148 valence electrons. The van der Waals surface area contributed by atoms with Crippen LogP contribution in [0.4, 0.5) is 0 Å². The van der Waals surface area contributed by atoms with Gasteiger partial charge in [0.25, 0.3) is 5.56 Å². The molecular formula is C24H17IN2O3. The number of benzene rings is 3. The summed E-state index contributed by atoms with van der Waals surface area (Å²) < 4.78 is 2.45. The molecule has 0 aliphatic rings. The monoisotopic (exact) mass is 508 g/mol. The van der Waals surface area contributed by atoms with E-state index in [1.54, 1.807) is 24.3 Å². The lowest BCUT2D eigenvalue weighted by atomic mass is 10.1. The maximum Gasteiger partial charge on any atom is 0.335 e. The van der Waals surface area contributed by atoms with E-state index >= 15 is 0 Å². The van der Waals surface area contributed by atoms with Gasteiger partial charge in [0.05, 0.1) is 22.2 Å². The van der Waals surface area contributed by atoms with Gasteiger partial charge in [-0.2, -0.15) is 0 Å². The van der Waals surface area contributed by atoms with Gasteiger partial charge in [-0.15, -0.1) is 0 Å². The number of hydrogen-bond donors (Lipinski definition) is 1. The first kappa shape index (κ1) is 20.0. The van der Waals surface area contributed by atoms with Crippen LogP contribution < -0.4 is 5.56 Å². The average Bonchev–Trinajstić information content (AvgIpc) is 2.73. The number of nitrogens with zero attached hydrogens (tertiary/aromatic N) is 2. The quantitative estimate of drug-likeness (QED) is 0.387. The molecule has 0 spiro atoms. The largest absolute Gasteiger partial charge is 0.478 e. The number of aromatic carboxylic acids is 1. The van der Waals surface area contributed by atoms with E-state index in [4.69, 9.17) is 10.1 Å². The first-order valence-electron chi connectivity index (χ1n) is 9.23. The van der Waals surface area contributed by atoms with Gasteiger partial charge in [-0.1, -0.05) is 35.9 Å². The summed E-state index contributed by atoms with van der Waals surface area (Å²) in [7, 11) is 0. The summed E-state index contributed by atoms with van der Waals surface area (Å²) in [5, 5.41) is 9.68. The Morgan fingerprint density at radius 3 is 2.50 bits per heavy atom. The molecule has 0 amide bonds. The zero-order chi connectivity index (χ0) is 21.3. The van der Waals surface area contributed by atoms with Crippen LogP contribution in [0.5, 0.6) is 0 Å². The third kappa shape index (κ3) is 4.04. The number of hydrogen-bond acceptors (Lipinski definition) is 3. The highest BCUT2D eigenvalue weighted by Crippen LogP contribution is 2.18. The van der Waals surface area contributed by atoms with Crippen molar-refractivity contribution in [3.63, 3.8) is 0 Å². The Morgan fingerprint density at radius 2 is 1.80 bits per heavy atom. The van der Waals surface area contributed by atoms with Crippen LogP contribution in [0.3, 0.4) is 0 Å². The van der Waals surface area contributed by atoms with Crippen molar-refractivity contribution >= 4 is 51.6 Å². The van der Waals surface area contributed by atoms with Gasteiger partial charge in [-0.05, 0) is 83.6 Å². The second-order valence-electron chi connectivity index (χ2n) is 6.87. The Balaban J connectivity index is 1.93. The normalized spacial score (nSPS) is 11.3. The smallest absolute Gasteiger partial charge is 0.335 e. The van der Waals surface area contributed by atoms with Crippen molar-refractivity contribution in [2.45, 2.75) is 6.92 Å². The Bertz CT molecular complexity index is 1360. The second-order valence-corrected chi connectivity index (χ2v) is 8.12. The lowest BCUT2D eigenvalue weighted by molar-refractivity contribution is 0.0697. The van der Waals surface area contributed by atoms with Crippen LogP contribution in [0.25, 0.3) is 28.7 Å². The third-order valence-corrected chi connectivity index (χ3v) is 5.37. The van der Waals surface area contributed by atoms with E-state index < -0.39 is 5.97 Å². The van der Waals surface area contributed by atoms with Gasteiger partial charge < -0.3 is 5.11 Å². The van der Waals surface area contributed by atoms with Crippen molar-refractivity contribution < 1.29 is 9.90 Å². The minimum atomic E-state index is -1.01. The number of carboxylic acid groups (broad SMARTS) is 1. The van der Waals surface area contributed by atoms with Crippen LogP contribution in [0.15, 0.2) is 71.5 Å². The highest BCUT2D eigenvalue weighted by atomic mass is 127. The molecule has 1 heterocycles. The molecule has 6 heteroatoms. The minimum absolute atomic E-state index is 0.159. The second kappa shape index (κ2) is 8.23. The number of fused-ring (bicyclic) bond motifs is 1. The molecule has 0 saturated carbocycles. The molecule has 0 radical (unpaired) electrons. The Kier molecular flexibility index (Phi) is 5.50. The number of carbonyl (C=O) groups is 1. The molecule has 0 fully saturated rings. The van der Waals surface area contributed by atoms with Crippen LogP contribution in [-0.4, -0.2) is 20.6 Å². The first-order valence-corrected chi connectivity index (χ1v) is 10.3. The summed E-state index contributed by atoms with van der Waals surface area (Å²) in [6.45, 7) is 2.02. The van der Waals surface area contributed by atoms with Crippen molar-refractivity contribution in [1.82, 2.24) is 9.55 Å². The predicted molar refractivity (Wildman–Crippen MR) is 127 cm³/mol. The van der Waals surface area contributed by atoms with Gasteiger partial charge in [0.1, 0.15) is 5.82 Å². The van der Waals surface area contributed by atoms with Gasteiger partial charge in [-0.3, -0.25) is 9.36 Å². The molecule has 1 N–H and O–H groups in total. The predicted octanol–water partition coefficient (Wildman–Crippen LogP) is 5.17. The van der Waals surface area contributed by atoms with Crippen LogP contribution in [0.2, 0.25) is 0 Å². The SMILES string of the molecule is Cc1cccc(C=Cc2nc3ccc(I)cc3c(=O)n2-c2ccc(C(=O)O)cc2)c1. The molecule has 0 bridgehead atoms. The van der Waals surface area contributed by atoms with E-state index in [9.17, 15) is 9.59 Å². The lowest BCUT2D eigenvalue weighted by Crippen LogP contribution is -2.22. The molecule has 0 saturated heterocycles. The molecule has 0 aliphatic heterocycles. The summed E-state index contributed by atoms with van der Waals surface area (Å²) in [4.78, 5) is 29.2. The summed E-state index contributed by atoms with van der Waals surface area (Å²) in [6.07, 6.45) is 3.72. The Morgan fingerprint density at radius 1 is 1.03 bits per heavy atom. The number of carboxylic acids is 1. The van der Waals surface area contributed by atoms with Crippen molar-refractivity contribution in [3.8, 4) is 5.69 Å². The van der Waals surface area contributed by atoms with Crippen LogP contribution in [-0.2, 0) is 0 Å². The summed E-state index contributed by atoms with van der Waals surface area (Å²) in [5.74, 6) is -0.544. The molecule has 30 heavy (non-hydrogen) atoms. The van der Waals surface area contributed by atoms with Crippen LogP contribution >= 0.6 is 22.6 Å².